The highest BCUT2D eigenvalue weighted by Crippen LogP contribution is 2.30. The third-order valence-corrected chi connectivity index (χ3v) is 6.40. The Labute approximate surface area is 236 Å². The van der Waals surface area contributed by atoms with Crippen molar-refractivity contribution in [3.05, 3.63) is 101 Å². The van der Waals surface area contributed by atoms with Gasteiger partial charge in [-0.15, -0.1) is 0 Å². The number of nitrogens with one attached hydrogen (secondary N) is 1. The maximum atomic E-state index is 14.5. The molecule has 1 aromatic rings. The van der Waals surface area contributed by atoms with E-state index in [9.17, 15) is 4.39 Å². The molecule has 5 heteroatoms. The largest absolute Gasteiger partial charge is 0.372 e. The summed E-state index contributed by atoms with van der Waals surface area (Å²) in [6, 6.07) is 9.50. The molecule has 0 radical (unpaired) electrons. The zero-order chi connectivity index (χ0) is 29.2. The summed E-state index contributed by atoms with van der Waals surface area (Å²) in [5.41, 5.74) is 6.40. The summed E-state index contributed by atoms with van der Waals surface area (Å²) in [5.74, 6) is -0.221. The number of benzene rings is 1. The molecule has 0 spiro atoms. The Kier molecular flexibility index (Phi) is 16.1. The van der Waals surface area contributed by atoms with Crippen LogP contribution in [0.5, 0.6) is 0 Å². The molecule has 39 heavy (non-hydrogen) atoms. The predicted molar refractivity (Wildman–Crippen MR) is 167 cm³/mol. The van der Waals surface area contributed by atoms with E-state index in [4.69, 9.17) is 5.26 Å². The van der Waals surface area contributed by atoms with Crippen LogP contribution >= 0.6 is 0 Å². The van der Waals surface area contributed by atoms with E-state index in [2.05, 4.69) is 62.5 Å². The average molecular weight is 531 g/mol. The number of hydrogen-bond donors (Lipinski definition) is 1. The van der Waals surface area contributed by atoms with Gasteiger partial charge in [0.1, 0.15) is 5.82 Å². The van der Waals surface area contributed by atoms with E-state index < -0.39 is 0 Å². The molecule has 210 valence electrons. The summed E-state index contributed by atoms with van der Waals surface area (Å²) >= 11 is 0. The number of hydrogen-bond acceptors (Lipinski definition) is 4. The summed E-state index contributed by atoms with van der Waals surface area (Å²) in [6.45, 7) is 21.0. The molecule has 1 aliphatic rings. The van der Waals surface area contributed by atoms with Gasteiger partial charge in [0.05, 0.1) is 11.6 Å². The molecule has 0 saturated carbocycles. The van der Waals surface area contributed by atoms with Crippen LogP contribution in [-0.2, 0) is 0 Å². The predicted octanol–water partition coefficient (Wildman–Crippen LogP) is 8.55. The van der Waals surface area contributed by atoms with E-state index in [1.54, 1.807) is 6.07 Å². The van der Waals surface area contributed by atoms with Crippen LogP contribution in [0, 0.1) is 17.1 Å². The number of aliphatic imine (C=N–C) groups is 1. The van der Waals surface area contributed by atoms with Gasteiger partial charge >= 0.3 is 0 Å². The molecule has 1 N–H and O–H groups in total. The van der Waals surface area contributed by atoms with E-state index in [1.807, 2.05) is 56.4 Å². The molecule has 1 saturated heterocycles. The smallest absolute Gasteiger partial charge is 0.131 e. The molecule has 1 aliphatic heterocycles. The molecule has 2 rings (SSSR count). The molecule has 0 aromatic heterocycles. The van der Waals surface area contributed by atoms with E-state index in [-0.39, 0.29) is 5.82 Å². The second-order valence-corrected chi connectivity index (χ2v) is 9.65. The van der Waals surface area contributed by atoms with Gasteiger partial charge in [-0.2, -0.15) is 5.26 Å². The third-order valence-electron chi connectivity index (χ3n) is 6.40. The maximum Gasteiger partial charge on any atom is 0.131 e. The number of allylic oxidation sites excluding steroid dienone is 10. The molecular formula is C34H47FN4. The Balaban J connectivity index is 0.000000464. The van der Waals surface area contributed by atoms with Crippen molar-refractivity contribution < 1.29 is 4.39 Å². The van der Waals surface area contributed by atoms with Crippen molar-refractivity contribution in [2.24, 2.45) is 4.99 Å². The first-order valence-electron chi connectivity index (χ1n) is 13.9. The van der Waals surface area contributed by atoms with E-state index in [0.29, 0.717) is 11.6 Å². The van der Waals surface area contributed by atoms with Crippen molar-refractivity contribution in [1.82, 2.24) is 10.2 Å². The third kappa shape index (κ3) is 11.4. The lowest BCUT2D eigenvalue weighted by molar-refractivity contribution is 0.256. The highest BCUT2D eigenvalue weighted by molar-refractivity contribution is 6.12. The van der Waals surface area contributed by atoms with Crippen molar-refractivity contribution >= 4 is 11.3 Å². The highest BCUT2D eigenvalue weighted by atomic mass is 19.1. The standard InChI is InChI=1S/C21H28FN3.C13H19N/c1-6-18(19-10-8-9-11-20(19)22)21(16(4)23-7-2)17(5)25-13-12-24-15(3)14-25;1-4-6-7-9-13(11-14)10-12(3)8-5-2/h6-11,15,24H,2,12-14H2,1,3-5H3;6-7,9-10H,4-5,8H2,1-3H3/b18-6-,21-17-,23-16?;7-6+,12-10+,13-9+. The number of rotatable bonds is 10. The highest BCUT2D eigenvalue weighted by Gasteiger charge is 2.22. The number of nitrogens with zero attached hydrogens (tertiary/aromatic N) is 3. The zero-order valence-corrected chi connectivity index (χ0v) is 25.0. The van der Waals surface area contributed by atoms with Crippen LogP contribution in [-0.4, -0.2) is 36.3 Å². The Bertz CT molecular complexity index is 1160. The van der Waals surface area contributed by atoms with Gasteiger partial charge in [-0.05, 0) is 71.3 Å². The Hall–Kier alpha value is -3.49. The van der Waals surface area contributed by atoms with E-state index in [1.165, 1.54) is 17.8 Å². The van der Waals surface area contributed by atoms with Crippen molar-refractivity contribution in [2.45, 2.75) is 73.8 Å². The first-order chi connectivity index (χ1) is 18.7. The fraction of sp³-hybridized carbons (Fsp3) is 0.412. The minimum Gasteiger partial charge on any atom is -0.372 e. The van der Waals surface area contributed by atoms with Crippen LogP contribution in [0.3, 0.4) is 0 Å². The quantitative estimate of drug-likeness (QED) is 0.187. The minimum absolute atomic E-state index is 0.221. The molecule has 1 heterocycles. The van der Waals surface area contributed by atoms with Crippen molar-refractivity contribution in [3.63, 3.8) is 0 Å². The number of piperazine rings is 1. The fourth-order valence-electron chi connectivity index (χ4n) is 4.52. The number of nitriles is 1. The van der Waals surface area contributed by atoms with Gasteiger partial charge < -0.3 is 10.2 Å². The van der Waals surface area contributed by atoms with Crippen LogP contribution in [0.25, 0.3) is 5.57 Å². The molecule has 0 bridgehead atoms. The zero-order valence-electron chi connectivity index (χ0n) is 25.0. The monoisotopic (exact) mass is 530 g/mol. The molecule has 0 amide bonds. The molecule has 1 atom stereocenters. The summed E-state index contributed by atoms with van der Waals surface area (Å²) in [6.07, 6.45) is 14.5. The SMILES string of the molecule is C=CN=C(C)C(/C(=C\C)c1ccccc1F)=C(\C)N1CCNC(C)C1.CC/C=C/C=C(C#N)\C=C(/C)CCC. The Morgan fingerprint density at radius 1 is 1.26 bits per heavy atom. The molecule has 0 aliphatic carbocycles. The van der Waals surface area contributed by atoms with E-state index in [0.717, 1.165) is 67.0 Å². The average Bonchev–Trinajstić information content (AvgIpc) is 2.92. The fourth-order valence-corrected chi connectivity index (χ4v) is 4.52. The Morgan fingerprint density at radius 3 is 2.54 bits per heavy atom. The summed E-state index contributed by atoms with van der Waals surface area (Å²) in [4.78, 5) is 6.75. The van der Waals surface area contributed by atoms with Crippen LogP contribution in [0.15, 0.2) is 94.8 Å². The summed E-state index contributed by atoms with van der Waals surface area (Å²) < 4.78 is 14.5. The van der Waals surface area contributed by atoms with Crippen LogP contribution in [0.2, 0.25) is 0 Å². The summed E-state index contributed by atoms with van der Waals surface area (Å²) in [5, 5.41) is 12.3. The lowest BCUT2D eigenvalue weighted by Gasteiger charge is -2.36. The van der Waals surface area contributed by atoms with Crippen molar-refractivity contribution in [3.8, 4) is 6.07 Å². The van der Waals surface area contributed by atoms with Gasteiger partial charge in [0.25, 0.3) is 0 Å². The molecule has 1 aromatic carbocycles. The van der Waals surface area contributed by atoms with Crippen LogP contribution < -0.4 is 5.32 Å². The van der Waals surface area contributed by atoms with E-state index >= 15 is 0 Å². The second kappa shape index (κ2) is 18.7. The first kappa shape index (κ1) is 33.5. The maximum absolute atomic E-state index is 14.5. The van der Waals surface area contributed by atoms with Gasteiger partial charge in [-0.3, -0.25) is 4.99 Å². The normalized spacial score (nSPS) is 17.8. The van der Waals surface area contributed by atoms with Gasteiger partial charge in [0.2, 0.25) is 0 Å². The van der Waals surface area contributed by atoms with Gasteiger partial charge in [-0.25, -0.2) is 4.39 Å². The van der Waals surface area contributed by atoms with Gasteiger partial charge in [0, 0.05) is 54.4 Å². The first-order valence-corrected chi connectivity index (χ1v) is 13.9. The lowest BCUT2D eigenvalue weighted by Crippen LogP contribution is -2.48. The topological polar surface area (TPSA) is 51.4 Å². The Morgan fingerprint density at radius 2 is 1.97 bits per heavy atom. The van der Waals surface area contributed by atoms with Gasteiger partial charge in [0.15, 0.2) is 0 Å². The molecule has 1 fully saturated rings. The number of halogens is 1. The second-order valence-electron chi connectivity index (χ2n) is 9.65. The van der Waals surface area contributed by atoms with Crippen LogP contribution in [0.1, 0.15) is 73.3 Å². The lowest BCUT2D eigenvalue weighted by atomic mass is 9.92. The summed E-state index contributed by atoms with van der Waals surface area (Å²) in [7, 11) is 0. The van der Waals surface area contributed by atoms with Crippen LogP contribution in [0.4, 0.5) is 4.39 Å². The molecule has 1 unspecified atom stereocenters. The molecule has 4 nitrogen and oxygen atoms in total. The minimum atomic E-state index is -0.221. The molecular weight excluding hydrogens is 483 g/mol. The van der Waals surface area contributed by atoms with Gasteiger partial charge in [-0.1, -0.05) is 68.8 Å². The van der Waals surface area contributed by atoms with Crippen molar-refractivity contribution in [2.75, 3.05) is 19.6 Å². The van der Waals surface area contributed by atoms with Crippen molar-refractivity contribution in [1.29, 1.82) is 5.26 Å².